The molecule has 1 aliphatic carbocycles. The highest BCUT2D eigenvalue weighted by Crippen LogP contribution is 2.42. The minimum absolute atomic E-state index is 0.190. The summed E-state index contributed by atoms with van der Waals surface area (Å²) in [5, 5.41) is 12.9. The van der Waals surface area contributed by atoms with E-state index in [-0.39, 0.29) is 5.75 Å². The summed E-state index contributed by atoms with van der Waals surface area (Å²) < 4.78 is 0. The molecular weight excluding hydrogens is 224 g/mol. The molecule has 0 saturated heterocycles. The monoisotopic (exact) mass is 242 g/mol. The Morgan fingerprint density at radius 1 is 1.28 bits per heavy atom. The van der Waals surface area contributed by atoms with Gasteiger partial charge in [0, 0.05) is 11.8 Å². The van der Waals surface area contributed by atoms with E-state index in [2.05, 4.69) is 37.3 Å². The Labute approximate surface area is 108 Å². The maximum atomic E-state index is 9.64. The summed E-state index contributed by atoms with van der Waals surface area (Å²) in [6, 6.07) is 1.67. The van der Waals surface area contributed by atoms with Crippen LogP contribution < -0.4 is 5.32 Å². The summed E-state index contributed by atoms with van der Waals surface area (Å²) in [5.74, 6) is 0.591. The van der Waals surface area contributed by atoms with Crippen molar-refractivity contribution >= 4 is 5.69 Å². The molecule has 2 N–H and O–H groups in total. The molecule has 0 radical (unpaired) electrons. The number of nitrogens with zero attached hydrogens (tertiary/aromatic N) is 1. The highest BCUT2D eigenvalue weighted by molar-refractivity contribution is 5.73. The fourth-order valence-corrected chi connectivity index (χ4v) is 2.08. The van der Waals surface area contributed by atoms with Gasteiger partial charge in [-0.05, 0) is 29.6 Å². The second kappa shape index (κ2) is 4.33. The van der Waals surface area contributed by atoms with Gasteiger partial charge in [-0.1, -0.05) is 27.0 Å². The molecule has 0 amide bonds. The Balaban J connectivity index is 2.31. The van der Waals surface area contributed by atoms with Crippen LogP contribution in [-0.2, 0) is 0 Å². The molecule has 0 aliphatic heterocycles. The van der Waals surface area contributed by atoms with Gasteiger partial charge >= 0.3 is 0 Å². The normalized spacial score (nSPS) is 15.1. The lowest BCUT2D eigenvalue weighted by atomic mass is 9.78. The van der Waals surface area contributed by atoms with Gasteiger partial charge in [-0.2, -0.15) is 0 Å². The number of pyridine rings is 1. The third kappa shape index (κ3) is 1.92. The van der Waals surface area contributed by atoms with Gasteiger partial charge < -0.3 is 10.4 Å². The third-order valence-electron chi connectivity index (χ3n) is 3.17. The summed E-state index contributed by atoms with van der Waals surface area (Å²) in [4.78, 5) is 4.12. The number of aromatic hydroxyl groups is 1. The van der Waals surface area contributed by atoms with E-state index < -0.39 is 0 Å². The van der Waals surface area contributed by atoms with Gasteiger partial charge in [0.05, 0.1) is 17.6 Å². The van der Waals surface area contributed by atoms with E-state index in [0.29, 0.717) is 11.6 Å². The quantitative estimate of drug-likeness (QED) is 0.852. The number of hydrogen-bond acceptors (Lipinski definition) is 3. The number of aryl methyl sites for hydroxylation is 1. The summed E-state index contributed by atoms with van der Waals surface area (Å²) in [6.07, 6.45) is 1.70. The molecule has 2 rings (SSSR count). The van der Waals surface area contributed by atoms with E-state index >= 15 is 0 Å². The molecule has 94 valence electrons. The van der Waals surface area contributed by atoms with Crippen molar-refractivity contribution in [2.45, 2.75) is 20.8 Å². The van der Waals surface area contributed by atoms with E-state index in [1.54, 1.807) is 19.2 Å². The number of rotatable bonds is 3. The van der Waals surface area contributed by atoms with E-state index in [0.717, 1.165) is 22.5 Å². The first-order valence-electron chi connectivity index (χ1n) is 5.97. The number of nitrogens with one attached hydrogen (secondary N) is 1. The van der Waals surface area contributed by atoms with Gasteiger partial charge in [-0.25, -0.2) is 0 Å². The Bertz CT molecular complexity index is 568. The molecule has 0 unspecified atom stereocenters. The van der Waals surface area contributed by atoms with E-state index in [4.69, 9.17) is 0 Å². The topological polar surface area (TPSA) is 45.2 Å². The predicted molar refractivity (Wildman–Crippen MR) is 74.4 cm³/mol. The van der Waals surface area contributed by atoms with Gasteiger partial charge in [0.25, 0.3) is 0 Å². The van der Waals surface area contributed by atoms with Gasteiger partial charge in [-0.3, -0.25) is 4.98 Å². The molecule has 0 bridgehead atoms. The second-order valence-electron chi connectivity index (χ2n) is 4.85. The van der Waals surface area contributed by atoms with Crippen LogP contribution in [0.15, 0.2) is 47.8 Å². The van der Waals surface area contributed by atoms with Crippen molar-refractivity contribution in [3.63, 3.8) is 0 Å². The van der Waals surface area contributed by atoms with Crippen LogP contribution in [0.5, 0.6) is 5.75 Å². The van der Waals surface area contributed by atoms with Crippen molar-refractivity contribution in [2.75, 3.05) is 5.32 Å². The number of allylic oxidation sites excluding steroid dienone is 2. The van der Waals surface area contributed by atoms with Gasteiger partial charge in [0.1, 0.15) is 5.75 Å². The van der Waals surface area contributed by atoms with Crippen LogP contribution in [0.4, 0.5) is 5.69 Å². The minimum Gasteiger partial charge on any atom is -0.506 e. The predicted octanol–water partition coefficient (Wildman–Crippen LogP) is 3.54. The summed E-state index contributed by atoms with van der Waals surface area (Å²) >= 11 is 0. The van der Waals surface area contributed by atoms with E-state index in [9.17, 15) is 5.11 Å². The molecule has 1 aromatic heterocycles. The zero-order valence-electron chi connectivity index (χ0n) is 11.0. The van der Waals surface area contributed by atoms with Crippen molar-refractivity contribution in [1.82, 2.24) is 4.98 Å². The van der Waals surface area contributed by atoms with E-state index in [1.807, 2.05) is 0 Å². The first-order valence-corrected chi connectivity index (χ1v) is 5.97. The average Bonchev–Trinajstić information content (AvgIpc) is 2.32. The zero-order chi connectivity index (χ0) is 13.4. The van der Waals surface area contributed by atoms with Crippen molar-refractivity contribution in [2.24, 2.45) is 5.92 Å². The lowest BCUT2D eigenvalue weighted by Crippen LogP contribution is -2.21. The molecule has 0 saturated carbocycles. The van der Waals surface area contributed by atoms with Gasteiger partial charge in [0.15, 0.2) is 0 Å². The minimum atomic E-state index is 0.190. The molecule has 3 nitrogen and oxygen atoms in total. The molecule has 1 aliphatic rings. The SMILES string of the molecule is C=C1C(=C)C(C(C)C)=C1Nc1cnc(C)c(O)c1. The van der Waals surface area contributed by atoms with Crippen LogP contribution in [0.1, 0.15) is 19.5 Å². The molecule has 1 heterocycles. The van der Waals surface area contributed by atoms with Crippen LogP contribution in [0.2, 0.25) is 0 Å². The molecule has 0 fully saturated rings. The molecule has 18 heavy (non-hydrogen) atoms. The van der Waals surface area contributed by atoms with Crippen LogP contribution in [0, 0.1) is 12.8 Å². The number of hydrogen-bond donors (Lipinski definition) is 2. The van der Waals surface area contributed by atoms with Crippen molar-refractivity contribution in [3.8, 4) is 5.75 Å². The zero-order valence-corrected chi connectivity index (χ0v) is 11.0. The van der Waals surface area contributed by atoms with Crippen LogP contribution in [0.25, 0.3) is 0 Å². The Morgan fingerprint density at radius 2 is 1.94 bits per heavy atom. The fraction of sp³-hybridized carbons (Fsp3) is 0.267. The summed E-state index contributed by atoms with van der Waals surface area (Å²) in [6.45, 7) is 14.0. The molecule has 0 aromatic carbocycles. The Kier molecular flexibility index (Phi) is 2.99. The molecule has 1 aromatic rings. The first-order chi connectivity index (χ1) is 8.41. The van der Waals surface area contributed by atoms with Crippen LogP contribution >= 0.6 is 0 Å². The Morgan fingerprint density at radius 3 is 2.50 bits per heavy atom. The number of aromatic nitrogens is 1. The molecule has 0 atom stereocenters. The first kappa shape index (κ1) is 12.4. The van der Waals surface area contributed by atoms with E-state index in [1.165, 1.54) is 5.57 Å². The third-order valence-corrected chi connectivity index (χ3v) is 3.17. The van der Waals surface area contributed by atoms with Crippen LogP contribution in [0.3, 0.4) is 0 Å². The fourth-order valence-electron chi connectivity index (χ4n) is 2.08. The smallest absolute Gasteiger partial charge is 0.138 e. The molecular formula is C15H18N2O. The molecule has 0 spiro atoms. The van der Waals surface area contributed by atoms with Crippen LogP contribution in [-0.4, -0.2) is 10.1 Å². The standard InChI is InChI=1S/C15H18N2O/c1-8(2)14-9(3)10(4)15(14)17-12-6-13(18)11(5)16-7-12/h6-8,17-18H,3-4H2,1-2,5H3. The lowest BCUT2D eigenvalue weighted by molar-refractivity contribution is 0.468. The Hall–Kier alpha value is -2.03. The maximum Gasteiger partial charge on any atom is 0.138 e. The van der Waals surface area contributed by atoms with Gasteiger partial charge in [-0.15, -0.1) is 0 Å². The summed E-state index contributed by atoms with van der Waals surface area (Å²) in [5.41, 5.74) is 5.52. The average molecular weight is 242 g/mol. The second-order valence-corrected chi connectivity index (χ2v) is 4.85. The molecule has 3 heteroatoms. The van der Waals surface area contributed by atoms with Crippen molar-refractivity contribution in [1.29, 1.82) is 0 Å². The van der Waals surface area contributed by atoms with Crippen molar-refractivity contribution < 1.29 is 5.11 Å². The summed E-state index contributed by atoms with van der Waals surface area (Å²) in [7, 11) is 0. The lowest BCUT2D eigenvalue weighted by Gasteiger charge is -2.32. The largest absolute Gasteiger partial charge is 0.506 e. The van der Waals surface area contributed by atoms with Crippen molar-refractivity contribution in [3.05, 3.63) is 53.5 Å². The maximum absolute atomic E-state index is 9.64. The number of anilines is 1. The highest BCUT2D eigenvalue weighted by atomic mass is 16.3. The van der Waals surface area contributed by atoms with Gasteiger partial charge in [0.2, 0.25) is 0 Å². The highest BCUT2D eigenvalue weighted by Gasteiger charge is 2.28.